The normalized spacial score (nSPS) is 12.0. The fourth-order valence-corrected chi connectivity index (χ4v) is 1.33. The fraction of sp³-hybridized carbons (Fsp3) is 0.417. The maximum atomic E-state index is 11.7. The Bertz CT molecular complexity index is 493. The van der Waals surface area contributed by atoms with Crippen LogP contribution in [0.15, 0.2) is 23.0 Å². The Kier molecular flexibility index (Phi) is 4.65. The Morgan fingerprint density at radius 1 is 1.17 bits per heavy atom. The fourth-order valence-electron chi connectivity index (χ4n) is 1.33. The molecule has 0 saturated heterocycles. The number of amides is 2. The number of hydrogen-bond acceptors (Lipinski definition) is 3. The van der Waals surface area contributed by atoms with Gasteiger partial charge in [0.05, 0.1) is 0 Å². The highest BCUT2D eigenvalue weighted by atomic mass is 16.2. The first-order valence-electron chi connectivity index (χ1n) is 5.70. The van der Waals surface area contributed by atoms with Gasteiger partial charge in [-0.2, -0.15) is 0 Å². The van der Waals surface area contributed by atoms with Crippen LogP contribution in [0.1, 0.15) is 31.3 Å². The van der Waals surface area contributed by atoms with E-state index in [1.807, 2.05) is 13.8 Å². The summed E-state index contributed by atoms with van der Waals surface area (Å²) in [6.07, 6.45) is 0. The molecule has 0 aliphatic rings. The van der Waals surface area contributed by atoms with Gasteiger partial charge in [-0.15, -0.1) is 0 Å². The molecule has 6 heteroatoms. The van der Waals surface area contributed by atoms with Crippen LogP contribution in [-0.2, 0) is 4.79 Å². The lowest BCUT2D eigenvalue weighted by Crippen LogP contribution is -2.47. The van der Waals surface area contributed by atoms with E-state index in [4.69, 9.17) is 0 Å². The van der Waals surface area contributed by atoms with Crippen LogP contribution in [0.25, 0.3) is 0 Å². The van der Waals surface area contributed by atoms with E-state index in [-0.39, 0.29) is 23.2 Å². The lowest BCUT2D eigenvalue weighted by Gasteiger charge is -2.15. The van der Waals surface area contributed by atoms with Gasteiger partial charge >= 0.3 is 0 Å². The average Bonchev–Trinajstić information content (AvgIpc) is 2.27. The summed E-state index contributed by atoms with van der Waals surface area (Å²) in [5, 5.41) is 5.19. The lowest BCUT2D eigenvalue weighted by molar-refractivity contribution is -0.123. The van der Waals surface area contributed by atoms with E-state index in [1.165, 1.54) is 18.2 Å². The van der Waals surface area contributed by atoms with Crippen molar-refractivity contribution in [1.82, 2.24) is 15.6 Å². The van der Waals surface area contributed by atoms with Crippen LogP contribution < -0.4 is 16.2 Å². The van der Waals surface area contributed by atoms with Gasteiger partial charge in [-0.1, -0.05) is 6.07 Å². The SMILES string of the molecule is CC(C)NC(=O)C(C)NC(=O)c1cccc(=O)[nH]1. The molecule has 0 aliphatic carbocycles. The first-order chi connectivity index (χ1) is 8.40. The van der Waals surface area contributed by atoms with Crippen molar-refractivity contribution in [3.8, 4) is 0 Å². The predicted molar refractivity (Wildman–Crippen MR) is 67.3 cm³/mol. The van der Waals surface area contributed by atoms with Crippen molar-refractivity contribution in [2.45, 2.75) is 32.9 Å². The zero-order chi connectivity index (χ0) is 13.7. The Hall–Kier alpha value is -2.11. The Morgan fingerprint density at radius 2 is 1.83 bits per heavy atom. The van der Waals surface area contributed by atoms with Crippen molar-refractivity contribution >= 4 is 11.8 Å². The number of aromatic nitrogens is 1. The molecule has 1 aromatic rings. The number of pyridine rings is 1. The molecule has 2 amide bonds. The third-order valence-electron chi connectivity index (χ3n) is 2.18. The van der Waals surface area contributed by atoms with Gasteiger partial charge in [-0.25, -0.2) is 0 Å². The zero-order valence-electron chi connectivity index (χ0n) is 10.6. The third kappa shape index (κ3) is 4.04. The molecule has 0 saturated carbocycles. The first kappa shape index (κ1) is 14.0. The van der Waals surface area contributed by atoms with Crippen LogP contribution >= 0.6 is 0 Å². The monoisotopic (exact) mass is 251 g/mol. The predicted octanol–water partition coefficient (Wildman–Crippen LogP) is 0.0178. The van der Waals surface area contributed by atoms with Crippen LogP contribution in [0.4, 0.5) is 0 Å². The van der Waals surface area contributed by atoms with Crippen molar-refractivity contribution in [2.24, 2.45) is 0 Å². The molecule has 1 atom stereocenters. The number of H-pyrrole nitrogens is 1. The summed E-state index contributed by atoms with van der Waals surface area (Å²) in [6, 6.07) is 3.61. The van der Waals surface area contributed by atoms with Crippen LogP contribution in [-0.4, -0.2) is 28.9 Å². The molecule has 18 heavy (non-hydrogen) atoms. The summed E-state index contributed by atoms with van der Waals surface area (Å²) in [7, 11) is 0. The summed E-state index contributed by atoms with van der Waals surface area (Å²) in [6.45, 7) is 5.25. The summed E-state index contributed by atoms with van der Waals surface area (Å²) in [5.41, 5.74) is -0.228. The van der Waals surface area contributed by atoms with Gasteiger partial charge < -0.3 is 15.6 Å². The molecule has 1 rings (SSSR count). The molecule has 1 aromatic heterocycles. The van der Waals surface area contributed by atoms with Gasteiger partial charge in [0.25, 0.3) is 5.91 Å². The van der Waals surface area contributed by atoms with Crippen molar-refractivity contribution in [2.75, 3.05) is 0 Å². The van der Waals surface area contributed by atoms with Crippen molar-refractivity contribution in [1.29, 1.82) is 0 Å². The maximum absolute atomic E-state index is 11.7. The standard InChI is InChI=1S/C12H17N3O3/c1-7(2)13-11(17)8(3)14-12(18)9-5-4-6-10(16)15-9/h4-8H,1-3H3,(H,13,17)(H,14,18)(H,15,16). The Labute approximate surface area is 105 Å². The van der Waals surface area contributed by atoms with Crippen LogP contribution in [0.5, 0.6) is 0 Å². The molecule has 0 aliphatic heterocycles. The summed E-state index contributed by atoms with van der Waals surface area (Å²) in [5.74, 6) is -0.754. The highest BCUT2D eigenvalue weighted by molar-refractivity contribution is 5.95. The van der Waals surface area contributed by atoms with Gasteiger partial charge in [0, 0.05) is 12.1 Å². The highest BCUT2D eigenvalue weighted by Crippen LogP contribution is 1.93. The highest BCUT2D eigenvalue weighted by Gasteiger charge is 2.17. The number of carbonyl (C=O) groups is 2. The van der Waals surface area contributed by atoms with Crippen molar-refractivity contribution < 1.29 is 9.59 Å². The maximum Gasteiger partial charge on any atom is 0.268 e. The second kappa shape index (κ2) is 6.00. The number of hydrogen-bond donors (Lipinski definition) is 3. The van der Waals surface area contributed by atoms with Gasteiger partial charge in [-0.3, -0.25) is 14.4 Å². The van der Waals surface area contributed by atoms with E-state index in [0.717, 1.165) is 0 Å². The van der Waals surface area contributed by atoms with Crippen molar-refractivity contribution in [3.63, 3.8) is 0 Å². The second-order valence-corrected chi connectivity index (χ2v) is 4.29. The second-order valence-electron chi connectivity index (χ2n) is 4.29. The summed E-state index contributed by atoms with van der Waals surface area (Å²) in [4.78, 5) is 36.8. The van der Waals surface area contributed by atoms with Crippen molar-refractivity contribution in [3.05, 3.63) is 34.2 Å². The Morgan fingerprint density at radius 3 is 2.39 bits per heavy atom. The molecule has 1 heterocycles. The van der Waals surface area contributed by atoms with E-state index >= 15 is 0 Å². The van der Waals surface area contributed by atoms with Gasteiger partial charge in [0.15, 0.2) is 0 Å². The van der Waals surface area contributed by atoms with Gasteiger partial charge in [-0.05, 0) is 26.8 Å². The average molecular weight is 251 g/mol. The minimum absolute atomic E-state index is 0.00776. The summed E-state index contributed by atoms with van der Waals surface area (Å²) >= 11 is 0. The molecule has 1 unspecified atom stereocenters. The molecular weight excluding hydrogens is 234 g/mol. The first-order valence-corrected chi connectivity index (χ1v) is 5.70. The quantitative estimate of drug-likeness (QED) is 0.704. The van der Waals surface area contributed by atoms with E-state index in [9.17, 15) is 14.4 Å². The third-order valence-corrected chi connectivity index (χ3v) is 2.18. The molecule has 0 bridgehead atoms. The van der Waals surface area contributed by atoms with E-state index in [1.54, 1.807) is 6.92 Å². The minimum atomic E-state index is -0.663. The van der Waals surface area contributed by atoms with E-state index in [0.29, 0.717) is 0 Å². The molecule has 3 N–H and O–H groups in total. The molecule has 0 spiro atoms. The van der Waals surface area contributed by atoms with Gasteiger partial charge in [0.1, 0.15) is 11.7 Å². The zero-order valence-corrected chi connectivity index (χ0v) is 10.6. The van der Waals surface area contributed by atoms with Gasteiger partial charge in [0.2, 0.25) is 11.5 Å². The van der Waals surface area contributed by atoms with E-state index < -0.39 is 11.9 Å². The number of carbonyl (C=O) groups excluding carboxylic acids is 2. The summed E-state index contributed by atoms with van der Waals surface area (Å²) < 4.78 is 0. The van der Waals surface area contributed by atoms with E-state index in [2.05, 4.69) is 15.6 Å². The lowest BCUT2D eigenvalue weighted by atomic mass is 10.2. The smallest absolute Gasteiger partial charge is 0.268 e. The van der Waals surface area contributed by atoms with Crippen LogP contribution in [0.2, 0.25) is 0 Å². The molecular formula is C12H17N3O3. The van der Waals surface area contributed by atoms with Crippen LogP contribution in [0.3, 0.4) is 0 Å². The largest absolute Gasteiger partial charge is 0.352 e. The number of nitrogens with one attached hydrogen (secondary N) is 3. The minimum Gasteiger partial charge on any atom is -0.352 e. The molecule has 0 fully saturated rings. The molecule has 6 nitrogen and oxygen atoms in total. The molecule has 0 aromatic carbocycles. The molecule has 98 valence electrons. The number of aromatic amines is 1. The molecule has 0 radical (unpaired) electrons. The Balaban J connectivity index is 2.65. The number of rotatable bonds is 4. The van der Waals surface area contributed by atoms with Crippen LogP contribution in [0, 0.1) is 0 Å². The topological polar surface area (TPSA) is 91.1 Å².